The van der Waals surface area contributed by atoms with Gasteiger partial charge in [-0.1, -0.05) is 71.4 Å². The number of halogens is 1. The van der Waals surface area contributed by atoms with Crippen LogP contribution in [-0.2, 0) is 14.8 Å². The van der Waals surface area contributed by atoms with Crippen LogP contribution < -0.4 is 9.62 Å². The molecule has 0 heterocycles. The maximum Gasteiger partial charge on any atom is 0.264 e. The predicted octanol–water partition coefficient (Wildman–Crippen LogP) is 4.91. The highest BCUT2D eigenvalue weighted by atomic mass is 79.9. The molecular formula is C23H23BrN2O3S. The molecule has 3 aromatic carbocycles. The van der Waals surface area contributed by atoms with Crippen LogP contribution in [0, 0.1) is 0 Å². The van der Waals surface area contributed by atoms with Crippen LogP contribution in [0.4, 0.5) is 5.69 Å². The number of rotatable bonds is 8. The third-order valence-electron chi connectivity index (χ3n) is 4.68. The number of amides is 1. The fourth-order valence-electron chi connectivity index (χ4n) is 3.12. The maximum absolute atomic E-state index is 13.3. The Labute approximate surface area is 185 Å². The van der Waals surface area contributed by atoms with Gasteiger partial charge in [-0.05, 0) is 48.4 Å². The number of hydrogen-bond donors (Lipinski definition) is 1. The molecule has 3 rings (SSSR count). The van der Waals surface area contributed by atoms with Crippen LogP contribution in [-0.4, -0.2) is 20.9 Å². The molecule has 1 atom stereocenters. The molecule has 0 fully saturated rings. The average Bonchev–Trinajstić information content (AvgIpc) is 2.77. The van der Waals surface area contributed by atoms with Gasteiger partial charge in [-0.25, -0.2) is 8.42 Å². The molecule has 0 aliphatic rings. The van der Waals surface area contributed by atoms with Crippen LogP contribution in [0.15, 0.2) is 94.3 Å². The Balaban J connectivity index is 1.89. The Bertz CT molecular complexity index is 1070. The van der Waals surface area contributed by atoms with E-state index in [2.05, 4.69) is 21.2 Å². The molecule has 0 unspecified atom stereocenters. The fourth-order valence-corrected chi connectivity index (χ4v) is 4.83. The van der Waals surface area contributed by atoms with Gasteiger partial charge in [-0.3, -0.25) is 9.10 Å². The first-order valence-corrected chi connectivity index (χ1v) is 11.8. The zero-order valence-corrected chi connectivity index (χ0v) is 18.9. The van der Waals surface area contributed by atoms with Crippen LogP contribution in [0.5, 0.6) is 0 Å². The molecule has 1 amide bonds. The highest BCUT2D eigenvalue weighted by Gasteiger charge is 2.27. The van der Waals surface area contributed by atoms with Crippen molar-refractivity contribution in [3.63, 3.8) is 0 Å². The third kappa shape index (κ3) is 5.29. The van der Waals surface area contributed by atoms with Crippen molar-refractivity contribution >= 4 is 37.5 Å². The fraction of sp³-hybridized carbons (Fsp3) is 0.174. The molecule has 0 aromatic heterocycles. The van der Waals surface area contributed by atoms with Crippen molar-refractivity contribution < 1.29 is 13.2 Å². The molecular weight excluding hydrogens is 464 g/mol. The van der Waals surface area contributed by atoms with Gasteiger partial charge in [0.15, 0.2) is 0 Å². The molecule has 0 bridgehead atoms. The molecule has 30 heavy (non-hydrogen) atoms. The molecule has 0 saturated heterocycles. The molecule has 3 aromatic rings. The number of nitrogens with zero attached hydrogens (tertiary/aromatic N) is 1. The van der Waals surface area contributed by atoms with Gasteiger partial charge in [0.05, 0.1) is 16.6 Å². The predicted molar refractivity (Wildman–Crippen MR) is 123 cm³/mol. The summed E-state index contributed by atoms with van der Waals surface area (Å²) in [7, 11) is -3.91. The summed E-state index contributed by atoms with van der Waals surface area (Å²) in [6, 6.07) is 24.4. The van der Waals surface area contributed by atoms with Crippen molar-refractivity contribution in [2.75, 3.05) is 10.8 Å². The zero-order valence-electron chi connectivity index (χ0n) is 16.5. The number of nitrogens with one attached hydrogen (secondary N) is 1. The number of carbonyl (C=O) groups excluding carboxylic acids is 1. The molecule has 0 aliphatic heterocycles. The van der Waals surface area contributed by atoms with E-state index >= 15 is 0 Å². The molecule has 5 nitrogen and oxygen atoms in total. The van der Waals surface area contributed by atoms with Crippen molar-refractivity contribution in [2.45, 2.75) is 24.3 Å². The van der Waals surface area contributed by atoms with Crippen LogP contribution in [0.3, 0.4) is 0 Å². The second-order valence-electron chi connectivity index (χ2n) is 6.74. The van der Waals surface area contributed by atoms with Gasteiger partial charge in [-0.15, -0.1) is 0 Å². The van der Waals surface area contributed by atoms with Crippen LogP contribution >= 0.6 is 15.9 Å². The first-order chi connectivity index (χ1) is 14.4. The van der Waals surface area contributed by atoms with Gasteiger partial charge in [0.25, 0.3) is 10.0 Å². The van der Waals surface area contributed by atoms with Gasteiger partial charge in [0, 0.05) is 4.47 Å². The second kappa shape index (κ2) is 9.91. The van der Waals surface area contributed by atoms with Gasteiger partial charge in [0.2, 0.25) is 5.91 Å². The van der Waals surface area contributed by atoms with E-state index in [1.807, 2.05) is 37.3 Å². The van der Waals surface area contributed by atoms with Gasteiger partial charge < -0.3 is 5.32 Å². The average molecular weight is 487 g/mol. The van der Waals surface area contributed by atoms with Crippen LogP contribution in [0.2, 0.25) is 0 Å². The quantitative estimate of drug-likeness (QED) is 0.491. The standard InChI is InChI=1S/C23H23BrN2O3S/c1-2-22(18-9-5-3-6-10-18)25-23(27)17-26(20-15-13-19(24)14-16-20)30(28,29)21-11-7-4-8-12-21/h3-16,22H,2,17H2,1H3,(H,25,27)/t22-/m1/s1. The van der Waals surface area contributed by atoms with E-state index in [-0.39, 0.29) is 23.4 Å². The summed E-state index contributed by atoms with van der Waals surface area (Å²) in [5.41, 5.74) is 1.40. The highest BCUT2D eigenvalue weighted by molar-refractivity contribution is 9.10. The topological polar surface area (TPSA) is 66.5 Å². The summed E-state index contributed by atoms with van der Waals surface area (Å²) >= 11 is 3.36. The smallest absolute Gasteiger partial charge is 0.264 e. The molecule has 0 spiro atoms. The van der Waals surface area contributed by atoms with E-state index in [1.165, 1.54) is 12.1 Å². The minimum Gasteiger partial charge on any atom is -0.348 e. The lowest BCUT2D eigenvalue weighted by Gasteiger charge is -2.25. The lowest BCUT2D eigenvalue weighted by Crippen LogP contribution is -2.42. The van der Waals surface area contributed by atoms with Gasteiger partial charge >= 0.3 is 0 Å². The summed E-state index contributed by atoms with van der Waals surface area (Å²) < 4.78 is 28.6. The van der Waals surface area contributed by atoms with E-state index in [9.17, 15) is 13.2 Å². The summed E-state index contributed by atoms with van der Waals surface area (Å²) in [5, 5.41) is 2.96. The van der Waals surface area contributed by atoms with E-state index < -0.39 is 10.0 Å². The molecule has 156 valence electrons. The summed E-state index contributed by atoms with van der Waals surface area (Å²) in [6.07, 6.45) is 0.694. The molecule has 0 saturated carbocycles. The normalized spacial score (nSPS) is 12.2. The SMILES string of the molecule is CC[C@@H](NC(=O)CN(c1ccc(Br)cc1)S(=O)(=O)c1ccccc1)c1ccccc1. The molecule has 0 aliphatic carbocycles. The number of hydrogen-bond acceptors (Lipinski definition) is 3. The zero-order chi connectivity index (χ0) is 21.6. The Morgan fingerprint density at radius 3 is 2.07 bits per heavy atom. The first kappa shape index (κ1) is 22.1. The molecule has 0 radical (unpaired) electrons. The number of benzene rings is 3. The van der Waals surface area contributed by atoms with Crippen molar-refractivity contribution in [3.8, 4) is 0 Å². The van der Waals surface area contributed by atoms with E-state index in [1.54, 1.807) is 42.5 Å². The second-order valence-corrected chi connectivity index (χ2v) is 9.52. The summed E-state index contributed by atoms with van der Waals surface area (Å²) in [6.45, 7) is 1.66. The van der Waals surface area contributed by atoms with Crippen molar-refractivity contribution in [1.29, 1.82) is 0 Å². The summed E-state index contributed by atoms with van der Waals surface area (Å²) in [4.78, 5) is 13.0. The Morgan fingerprint density at radius 2 is 1.50 bits per heavy atom. The third-order valence-corrected chi connectivity index (χ3v) is 7.00. The van der Waals surface area contributed by atoms with E-state index in [0.717, 1.165) is 14.3 Å². The Hall–Kier alpha value is -2.64. The Kier molecular flexibility index (Phi) is 7.29. The maximum atomic E-state index is 13.3. The van der Waals surface area contributed by atoms with Crippen molar-refractivity contribution in [3.05, 3.63) is 95.0 Å². The minimum atomic E-state index is -3.91. The van der Waals surface area contributed by atoms with Gasteiger partial charge in [-0.2, -0.15) is 0 Å². The number of sulfonamides is 1. The highest BCUT2D eigenvalue weighted by Crippen LogP contribution is 2.25. The number of anilines is 1. The molecule has 7 heteroatoms. The van der Waals surface area contributed by atoms with Gasteiger partial charge in [0.1, 0.15) is 6.54 Å². The lowest BCUT2D eigenvalue weighted by atomic mass is 10.0. The molecule has 1 N–H and O–H groups in total. The summed E-state index contributed by atoms with van der Waals surface area (Å²) in [5.74, 6) is -0.367. The first-order valence-electron chi connectivity index (χ1n) is 9.59. The Morgan fingerprint density at radius 1 is 0.933 bits per heavy atom. The van der Waals surface area contributed by atoms with Crippen LogP contribution in [0.25, 0.3) is 0 Å². The lowest BCUT2D eigenvalue weighted by molar-refractivity contribution is -0.120. The van der Waals surface area contributed by atoms with Crippen LogP contribution in [0.1, 0.15) is 24.9 Å². The van der Waals surface area contributed by atoms with E-state index in [4.69, 9.17) is 0 Å². The van der Waals surface area contributed by atoms with Crippen molar-refractivity contribution in [1.82, 2.24) is 5.32 Å². The van der Waals surface area contributed by atoms with E-state index in [0.29, 0.717) is 12.1 Å². The largest absolute Gasteiger partial charge is 0.348 e. The minimum absolute atomic E-state index is 0.135. The monoisotopic (exact) mass is 486 g/mol. The van der Waals surface area contributed by atoms with Crippen molar-refractivity contribution in [2.24, 2.45) is 0 Å². The number of carbonyl (C=O) groups is 1.